The molecule has 0 radical (unpaired) electrons. The lowest BCUT2D eigenvalue weighted by Crippen LogP contribution is -2.36. The number of carbonyl (C=O) groups is 1. The van der Waals surface area contributed by atoms with Crippen LogP contribution in [-0.2, 0) is 12.0 Å². The summed E-state index contributed by atoms with van der Waals surface area (Å²) in [6.45, 7) is 2.19. The van der Waals surface area contributed by atoms with E-state index in [1.807, 2.05) is 24.4 Å². The average molecular weight is 466 g/mol. The first-order valence-electron chi connectivity index (χ1n) is 10.2. The largest absolute Gasteiger partial charge is 0.493 e. The maximum atomic E-state index is 14.6. The molecule has 0 N–H and O–H groups in total. The molecule has 0 spiro atoms. The van der Waals surface area contributed by atoms with Crippen molar-refractivity contribution in [3.8, 4) is 5.75 Å². The smallest absolute Gasteiger partial charge is 0.185 e. The highest BCUT2D eigenvalue weighted by atomic mass is 32.1. The molecule has 1 atom stereocenters. The van der Waals surface area contributed by atoms with Gasteiger partial charge < -0.3 is 4.74 Å². The summed E-state index contributed by atoms with van der Waals surface area (Å²) in [7, 11) is 0. The molecular weight excluding hydrogens is 444 g/mol. The second kappa shape index (κ2) is 9.87. The van der Waals surface area contributed by atoms with Gasteiger partial charge in [-0.3, -0.25) is 9.48 Å². The molecule has 0 saturated carbocycles. The summed E-state index contributed by atoms with van der Waals surface area (Å²) in [6, 6.07) is 14.1. The maximum absolute atomic E-state index is 14.6. The van der Waals surface area contributed by atoms with Crippen molar-refractivity contribution < 1.29 is 18.3 Å². The van der Waals surface area contributed by atoms with Crippen LogP contribution in [0.25, 0.3) is 6.08 Å². The van der Waals surface area contributed by atoms with Gasteiger partial charge in [0.2, 0.25) is 0 Å². The second-order valence-corrected chi connectivity index (χ2v) is 8.78. The second-order valence-electron chi connectivity index (χ2n) is 7.80. The predicted molar refractivity (Wildman–Crippen MR) is 123 cm³/mol. The van der Waals surface area contributed by atoms with Gasteiger partial charge in [-0.05, 0) is 59.5 Å². The minimum atomic E-state index is -0.858. The van der Waals surface area contributed by atoms with Crippen LogP contribution in [-0.4, -0.2) is 27.2 Å². The van der Waals surface area contributed by atoms with Crippen molar-refractivity contribution in [2.45, 2.75) is 18.9 Å². The molecule has 0 saturated heterocycles. The first kappa shape index (κ1) is 22.5. The van der Waals surface area contributed by atoms with Crippen molar-refractivity contribution >= 4 is 23.2 Å². The van der Waals surface area contributed by atoms with E-state index in [-0.39, 0.29) is 18.9 Å². The predicted octanol–water partition coefficient (Wildman–Crippen LogP) is 5.55. The fraction of sp³-hybridized carbons (Fsp3) is 0.160. The van der Waals surface area contributed by atoms with Crippen LogP contribution >= 0.6 is 11.3 Å². The molecule has 8 heteroatoms. The molecular formula is C25H21F2N3O2S. The first-order chi connectivity index (χ1) is 15.9. The van der Waals surface area contributed by atoms with Crippen LogP contribution in [0.4, 0.5) is 8.78 Å². The number of benzene rings is 2. The molecule has 0 amide bonds. The topological polar surface area (TPSA) is 57.0 Å². The van der Waals surface area contributed by atoms with Crippen LogP contribution in [0.5, 0.6) is 5.75 Å². The number of ketones is 1. The molecule has 2 aromatic carbocycles. The van der Waals surface area contributed by atoms with Gasteiger partial charge in [0.25, 0.3) is 0 Å². The highest BCUT2D eigenvalue weighted by Crippen LogP contribution is 2.30. The monoisotopic (exact) mass is 465 g/mol. The molecule has 0 aliphatic heterocycles. The average Bonchev–Trinajstić information content (AvgIpc) is 3.51. The molecule has 33 heavy (non-hydrogen) atoms. The number of nitrogens with zero attached hydrogens (tertiary/aromatic N) is 3. The fourth-order valence-corrected chi connectivity index (χ4v) is 4.08. The summed E-state index contributed by atoms with van der Waals surface area (Å²) in [5.74, 6) is -0.881. The highest BCUT2D eigenvalue weighted by Gasteiger charge is 2.32. The molecule has 0 aliphatic rings. The first-order valence-corrected chi connectivity index (χ1v) is 11.1. The minimum Gasteiger partial charge on any atom is -0.493 e. The molecule has 0 bridgehead atoms. The zero-order valence-electron chi connectivity index (χ0n) is 17.8. The number of ether oxygens (including phenoxy) is 1. The third kappa shape index (κ3) is 5.59. The summed E-state index contributed by atoms with van der Waals surface area (Å²) < 4.78 is 35.6. The Morgan fingerprint density at radius 1 is 1.18 bits per heavy atom. The van der Waals surface area contributed by atoms with Crippen molar-refractivity contribution in [3.05, 3.63) is 106 Å². The van der Waals surface area contributed by atoms with Gasteiger partial charge in [-0.2, -0.15) is 5.10 Å². The van der Waals surface area contributed by atoms with E-state index in [4.69, 9.17) is 4.74 Å². The Hall–Kier alpha value is -3.65. The van der Waals surface area contributed by atoms with Crippen molar-refractivity contribution in [2.24, 2.45) is 0 Å². The lowest BCUT2D eigenvalue weighted by atomic mass is 9.82. The normalized spacial score (nSPS) is 13.2. The molecule has 168 valence electrons. The maximum Gasteiger partial charge on any atom is 0.185 e. The Morgan fingerprint density at radius 2 is 2.00 bits per heavy atom. The molecule has 4 aromatic rings. The minimum absolute atomic E-state index is 0.0982. The lowest BCUT2D eigenvalue weighted by Gasteiger charge is -2.30. The van der Waals surface area contributed by atoms with Crippen molar-refractivity contribution in [1.82, 2.24) is 14.8 Å². The standard InChI is InChI=1S/C25H21F2N3O2S/c1-25(14-30-17-28-16-29-30,22-10-6-19(26)13-23(22)27)15-32-20-7-4-18(5-8-20)24(31)11-9-21-3-2-12-33-21/h2-13,16-17H,14-15H2,1H3/b11-9+. The van der Waals surface area contributed by atoms with Gasteiger partial charge in [0.1, 0.15) is 30.0 Å². The van der Waals surface area contributed by atoms with E-state index in [1.54, 1.807) is 46.4 Å². The molecule has 2 aromatic heterocycles. The number of rotatable bonds is 9. The zero-order chi connectivity index (χ0) is 23.3. The van der Waals surface area contributed by atoms with Crippen LogP contribution in [0.3, 0.4) is 0 Å². The number of hydrogen-bond acceptors (Lipinski definition) is 5. The van der Waals surface area contributed by atoms with Crippen molar-refractivity contribution in [1.29, 1.82) is 0 Å². The Morgan fingerprint density at radius 3 is 2.67 bits per heavy atom. The van der Waals surface area contributed by atoms with Crippen LogP contribution < -0.4 is 4.74 Å². The Kier molecular flexibility index (Phi) is 6.74. The van der Waals surface area contributed by atoms with E-state index < -0.39 is 17.0 Å². The quantitative estimate of drug-likeness (QED) is 0.240. The Balaban J connectivity index is 1.48. The molecule has 4 rings (SSSR count). The van der Waals surface area contributed by atoms with E-state index in [1.165, 1.54) is 30.9 Å². The SMILES string of the molecule is CC(COc1ccc(C(=O)/C=C/c2cccs2)cc1)(Cn1cncn1)c1ccc(F)cc1F. The number of halogens is 2. The van der Waals surface area contributed by atoms with Crippen LogP contribution in [0.2, 0.25) is 0 Å². The fourth-order valence-electron chi connectivity index (χ4n) is 3.46. The summed E-state index contributed by atoms with van der Waals surface area (Å²) in [5, 5.41) is 6.06. The van der Waals surface area contributed by atoms with E-state index >= 15 is 0 Å². The molecule has 2 heterocycles. The summed E-state index contributed by atoms with van der Waals surface area (Å²) in [6.07, 6.45) is 6.24. The van der Waals surface area contributed by atoms with Crippen molar-refractivity contribution in [2.75, 3.05) is 6.61 Å². The summed E-state index contributed by atoms with van der Waals surface area (Å²) in [5.41, 5.74) is -0.0151. The third-order valence-corrected chi connectivity index (χ3v) is 6.03. The van der Waals surface area contributed by atoms with Crippen LogP contribution in [0, 0.1) is 11.6 Å². The highest BCUT2D eigenvalue weighted by molar-refractivity contribution is 7.10. The molecule has 0 aliphatic carbocycles. The van der Waals surface area contributed by atoms with E-state index in [0.717, 1.165) is 10.9 Å². The molecule has 0 fully saturated rings. The molecule has 1 unspecified atom stereocenters. The number of thiophene rings is 1. The van der Waals surface area contributed by atoms with E-state index in [0.29, 0.717) is 16.9 Å². The van der Waals surface area contributed by atoms with Crippen molar-refractivity contribution in [3.63, 3.8) is 0 Å². The Labute approximate surface area is 194 Å². The van der Waals surface area contributed by atoms with Gasteiger partial charge in [-0.25, -0.2) is 13.8 Å². The number of carbonyl (C=O) groups excluding carboxylic acids is 1. The van der Waals surface area contributed by atoms with Gasteiger partial charge >= 0.3 is 0 Å². The molecule has 5 nitrogen and oxygen atoms in total. The number of hydrogen-bond donors (Lipinski definition) is 0. The Bertz CT molecular complexity index is 1240. The van der Waals surface area contributed by atoms with Gasteiger partial charge in [0.15, 0.2) is 5.78 Å². The summed E-state index contributed by atoms with van der Waals surface area (Å²) in [4.78, 5) is 17.3. The van der Waals surface area contributed by atoms with Gasteiger partial charge in [0.05, 0.1) is 13.2 Å². The van der Waals surface area contributed by atoms with Crippen LogP contribution in [0.15, 0.2) is 78.7 Å². The number of aromatic nitrogens is 3. The zero-order valence-corrected chi connectivity index (χ0v) is 18.6. The van der Waals surface area contributed by atoms with Gasteiger partial charge in [0, 0.05) is 21.9 Å². The third-order valence-electron chi connectivity index (χ3n) is 5.20. The summed E-state index contributed by atoms with van der Waals surface area (Å²) >= 11 is 1.56. The van der Waals surface area contributed by atoms with E-state index in [9.17, 15) is 13.6 Å². The van der Waals surface area contributed by atoms with Crippen LogP contribution in [0.1, 0.15) is 27.7 Å². The van der Waals surface area contributed by atoms with E-state index in [2.05, 4.69) is 10.1 Å². The lowest BCUT2D eigenvalue weighted by molar-refractivity contribution is 0.104. The van der Waals surface area contributed by atoms with Gasteiger partial charge in [-0.15, -0.1) is 11.3 Å². The number of allylic oxidation sites excluding steroid dienone is 1. The van der Waals surface area contributed by atoms with Gasteiger partial charge in [-0.1, -0.05) is 19.1 Å².